The molecule has 27 heavy (non-hydrogen) atoms. The molecule has 0 saturated heterocycles. The molecule has 138 valence electrons. The summed E-state index contributed by atoms with van der Waals surface area (Å²) in [6.45, 7) is 0. The van der Waals surface area contributed by atoms with E-state index in [1.807, 2.05) is 48.5 Å². The molecular weight excluding hydrogens is 401 g/mol. The molecular formula is C20H17Cl2N3OS. The van der Waals surface area contributed by atoms with Crippen molar-refractivity contribution < 1.29 is 4.79 Å². The summed E-state index contributed by atoms with van der Waals surface area (Å²) in [6.07, 6.45) is -0.754. The lowest BCUT2D eigenvalue weighted by atomic mass is 10.1. The van der Waals surface area contributed by atoms with E-state index in [0.29, 0.717) is 10.7 Å². The average molecular weight is 418 g/mol. The van der Waals surface area contributed by atoms with Crippen molar-refractivity contribution in [1.29, 1.82) is 0 Å². The summed E-state index contributed by atoms with van der Waals surface area (Å²) in [5, 5.41) is 11.3. The van der Waals surface area contributed by atoms with Crippen molar-refractivity contribution in [2.45, 2.75) is 11.0 Å². The maximum absolute atomic E-state index is 12.3. The molecule has 0 radical (unpaired) electrons. The molecule has 0 aliphatic carbocycles. The van der Waals surface area contributed by atoms with Gasteiger partial charge < -0.3 is 16.0 Å². The first-order chi connectivity index (χ1) is 13.0. The van der Waals surface area contributed by atoms with E-state index in [2.05, 4.69) is 16.0 Å². The van der Waals surface area contributed by atoms with Gasteiger partial charge in [-0.3, -0.25) is 4.79 Å². The number of fused-ring (bicyclic) bond motifs is 1. The Kier molecular flexibility index (Phi) is 6.50. The van der Waals surface area contributed by atoms with Gasteiger partial charge in [0.1, 0.15) is 11.0 Å². The number of amides is 1. The Hall–Kier alpha value is -2.34. The average Bonchev–Trinajstić information content (AvgIpc) is 2.68. The minimum atomic E-state index is -0.898. The van der Waals surface area contributed by atoms with Crippen LogP contribution in [0.1, 0.15) is 10.4 Å². The number of hydrogen-bond donors (Lipinski definition) is 3. The van der Waals surface area contributed by atoms with E-state index in [4.69, 9.17) is 35.4 Å². The van der Waals surface area contributed by atoms with Crippen LogP contribution in [0.2, 0.25) is 0 Å². The third-order valence-corrected chi connectivity index (χ3v) is 4.62. The Morgan fingerprint density at radius 2 is 1.52 bits per heavy atom. The summed E-state index contributed by atoms with van der Waals surface area (Å²) in [6, 6.07) is 22.6. The standard InChI is InChI=1S/C20H17Cl2N3OS/c21-17(22)18(24-19(26)14-8-2-1-3-9-14)25-20(27)23-16-12-6-10-13-7-4-5-11-15(13)16/h1-12,17-18H,(H,24,26)(H2,23,25,27)/t18-/m1/s1. The van der Waals surface area contributed by atoms with Gasteiger partial charge in [-0.15, -0.1) is 23.2 Å². The van der Waals surface area contributed by atoms with Gasteiger partial charge in [-0.25, -0.2) is 0 Å². The van der Waals surface area contributed by atoms with Crippen molar-refractivity contribution >= 4 is 62.9 Å². The fourth-order valence-corrected chi connectivity index (χ4v) is 3.10. The smallest absolute Gasteiger partial charge is 0.252 e. The summed E-state index contributed by atoms with van der Waals surface area (Å²) < 4.78 is 0. The molecule has 3 aromatic carbocycles. The molecule has 3 rings (SSSR count). The molecule has 7 heteroatoms. The Morgan fingerprint density at radius 1 is 0.852 bits per heavy atom. The van der Waals surface area contributed by atoms with Gasteiger partial charge in [0, 0.05) is 16.6 Å². The van der Waals surface area contributed by atoms with Gasteiger partial charge in [0.25, 0.3) is 5.91 Å². The molecule has 0 aliphatic rings. The SMILES string of the molecule is O=C(N[C@H](NC(=S)Nc1cccc2ccccc12)C(Cl)Cl)c1ccccc1. The van der Waals surface area contributed by atoms with Crippen LogP contribution in [0.4, 0.5) is 5.69 Å². The molecule has 0 unspecified atom stereocenters. The number of alkyl halides is 2. The van der Waals surface area contributed by atoms with Gasteiger partial charge in [0.05, 0.1) is 0 Å². The highest BCUT2D eigenvalue weighted by Gasteiger charge is 2.21. The zero-order chi connectivity index (χ0) is 19.2. The number of benzene rings is 3. The van der Waals surface area contributed by atoms with Crippen LogP contribution in [-0.2, 0) is 0 Å². The highest BCUT2D eigenvalue weighted by Crippen LogP contribution is 2.22. The predicted molar refractivity (Wildman–Crippen MR) is 116 cm³/mol. The summed E-state index contributed by atoms with van der Waals surface area (Å²) in [7, 11) is 0. The number of carbonyl (C=O) groups is 1. The van der Waals surface area contributed by atoms with Crippen molar-refractivity contribution in [3.63, 3.8) is 0 Å². The van der Waals surface area contributed by atoms with Crippen molar-refractivity contribution in [2.75, 3.05) is 5.32 Å². The molecule has 1 amide bonds. The molecule has 1 atom stereocenters. The largest absolute Gasteiger partial charge is 0.340 e. The lowest BCUT2D eigenvalue weighted by Crippen LogP contribution is -2.52. The van der Waals surface area contributed by atoms with E-state index in [9.17, 15) is 4.79 Å². The summed E-state index contributed by atoms with van der Waals surface area (Å²) in [5.41, 5.74) is 1.35. The molecule has 0 fully saturated rings. The van der Waals surface area contributed by atoms with E-state index < -0.39 is 11.0 Å². The summed E-state index contributed by atoms with van der Waals surface area (Å²) in [4.78, 5) is 11.4. The molecule has 3 aromatic rings. The Labute approximate surface area is 172 Å². The Bertz CT molecular complexity index is 945. The van der Waals surface area contributed by atoms with E-state index in [1.54, 1.807) is 24.3 Å². The van der Waals surface area contributed by atoms with Crippen LogP contribution < -0.4 is 16.0 Å². The number of hydrogen-bond acceptors (Lipinski definition) is 2. The van der Waals surface area contributed by atoms with Crippen molar-refractivity contribution in [2.24, 2.45) is 0 Å². The fraction of sp³-hybridized carbons (Fsp3) is 0.100. The number of halogens is 2. The minimum Gasteiger partial charge on any atom is -0.340 e. The zero-order valence-corrected chi connectivity index (χ0v) is 16.5. The molecule has 4 nitrogen and oxygen atoms in total. The van der Waals surface area contributed by atoms with Gasteiger partial charge in [0.2, 0.25) is 0 Å². The number of nitrogens with one attached hydrogen (secondary N) is 3. The first kappa shape index (κ1) is 19.4. The van der Waals surface area contributed by atoms with Crippen LogP contribution in [0.15, 0.2) is 72.8 Å². The van der Waals surface area contributed by atoms with E-state index in [0.717, 1.165) is 16.5 Å². The van der Waals surface area contributed by atoms with Crippen molar-refractivity contribution in [3.8, 4) is 0 Å². The van der Waals surface area contributed by atoms with Crippen LogP contribution in [0.3, 0.4) is 0 Å². The van der Waals surface area contributed by atoms with E-state index in [1.165, 1.54) is 0 Å². The van der Waals surface area contributed by atoms with Gasteiger partial charge in [-0.05, 0) is 35.8 Å². The second-order valence-electron chi connectivity index (χ2n) is 5.78. The first-order valence-corrected chi connectivity index (χ1v) is 9.52. The molecule has 0 bridgehead atoms. The lowest BCUT2D eigenvalue weighted by molar-refractivity contribution is 0.0936. The van der Waals surface area contributed by atoms with Crippen molar-refractivity contribution in [3.05, 3.63) is 78.4 Å². The number of anilines is 1. The Morgan fingerprint density at radius 3 is 2.26 bits per heavy atom. The Balaban J connectivity index is 1.69. The number of thiocarbonyl (C=S) groups is 1. The van der Waals surface area contributed by atoms with Gasteiger partial charge in [0.15, 0.2) is 5.11 Å². The van der Waals surface area contributed by atoms with Crippen molar-refractivity contribution in [1.82, 2.24) is 10.6 Å². The molecule has 0 heterocycles. The number of rotatable bonds is 5. The van der Waals surface area contributed by atoms with E-state index >= 15 is 0 Å². The molecule has 0 saturated carbocycles. The summed E-state index contributed by atoms with van der Waals surface area (Å²) in [5.74, 6) is -0.299. The number of carbonyl (C=O) groups excluding carboxylic acids is 1. The summed E-state index contributed by atoms with van der Waals surface area (Å²) >= 11 is 17.4. The minimum absolute atomic E-state index is 0.299. The second-order valence-corrected chi connectivity index (χ2v) is 7.35. The third kappa shape index (κ3) is 5.10. The van der Waals surface area contributed by atoms with Crippen LogP contribution in [0.5, 0.6) is 0 Å². The highest BCUT2D eigenvalue weighted by atomic mass is 35.5. The highest BCUT2D eigenvalue weighted by molar-refractivity contribution is 7.80. The predicted octanol–water partition coefficient (Wildman–Crippen LogP) is 4.69. The molecule has 3 N–H and O–H groups in total. The van der Waals surface area contributed by atoms with Gasteiger partial charge in [-0.1, -0.05) is 54.6 Å². The van der Waals surface area contributed by atoms with E-state index in [-0.39, 0.29) is 5.91 Å². The molecule has 0 aliphatic heterocycles. The van der Waals surface area contributed by atoms with Gasteiger partial charge >= 0.3 is 0 Å². The lowest BCUT2D eigenvalue weighted by Gasteiger charge is -2.23. The fourth-order valence-electron chi connectivity index (χ4n) is 2.61. The monoisotopic (exact) mass is 417 g/mol. The van der Waals surface area contributed by atoms with Crippen LogP contribution >= 0.6 is 35.4 Å². The van der Waals surface area contributed by atoms with Crippen LogP contribution in [0.25, 0.3) is 10.8 Å². The quantitative estimate of drug-likeness (QED) is 0.320. The van der Waals surface area contributed by atoms with Gasteiger partial charge in [-0.2, -0.15) is 0 Å². The zero-order valence-electron chi connectivity index (χ0n) is 14.2. The second kappa shape index (κ2) is 9.04. The first-order valence-electron chi connectivity index (χ1n) is 8.24. The maximum atomic E-state index is 12.3. The third-order valence-electron chi connectivity index (χ3n) is 3.90. The van der Waals surface area contributed by atoms with Crippen LogP contribution in [-0.4, -0.2) is 22.0 Å². The maximum Gasteiger partial charge on any atom is 0.252 e. The van der Waals surface area contributed by atoms with Crippen LogP contribution in [0, 0.1) is 0 Å². The normalized spacial score (nSPS) is 11.8. The topological polar surface area (TPSA) is 53.2 Å². The molecule has 0 aromatic heterocycles. The molecule has 0 spiro atoms.